The molecule has 0 fully saturated rings. The Balaban J connectivity index is 0.000000354. The van der Waals surface area contributed by atoms with E-state index in [2.05, 4.69) is 0 Å². The Morgan fingerprint density at radius 3 is 2.33 bits per heavy atom. The van der Waals surface area contributed by atoms with Crippen LogP contribution in [0.25, 0.3) is 0 Å². The molecule has 0 unspecified atom stereocenters. The molecular weight excluding hydrogens is 370 g/mol. The Kier molecular flexibility index (Phi) is 7.09. The second-order valence-electron chi connectivity index (χ2n) is 1.84. The fourth-order valence-corrected chi connectivity index (χ4v) is 4.47. The number of rotatable bonds is 1. The van der Waals surface area contributed by atoms with Crippen molar-refractivity contribution in [2.45, 2.75) is 0 Å². The molecule has 12 heavy (non-hydrogen) atoms. The monoisotopic (exact) mass is 376 g/mol. The van der Waals surface area contributed by atoms with Crippen molar-refractivity contribution < 1.29 is 28.4 Å². The molecule has 0 heterocycles. The van der Waals surface area contributed by atoms with Gasteiger partial charge in [-0.1, -0.05) is 0 Å². The average Bonchev–Trinajstić information content (AvgIpc) is 2.07. The molecule has 6 heteroatoms. The first-order valence-electron chi connectivity index (χ1n) is 3.04. The number of nitrogens with zero attached hydrogens (tertiary/aromatic N) is 1. The van der Waals surface area contributed by atoms with Crippen LogP contribution in [0.1, 0.15) is 0 Å². The van der Waals surface area contributed by atoms with Gasteiger partial charge in [0.1, 0.15) is 0 Å². The number of hydrogen-bond donors (Lipinski definition) is 1. The first kappa shape index (κ1) is 11.6. The average molecular weight is 375 g/mol. The summed E-state index contributed by atoms with van der Waals surface area (Å²) in [6.07, 6.45) is 0. The van der Waals surface area contributed by atoms with Crippen LogP contribution < -0.4 is 3.07 Å². The molecule has 0 bridgehead atoms. The molecule has 0 aliphatic rings. The fraction of sp³-hybridized carbons (Fsp3) is 0. The summed E-state index contributed by atoms with van der Waals surface area (Å²) in [6.45, 7) is 0. The van der Waals surface area contributed by atoms with Gasteiger partial charge in [-0.2, -0.15) is 0 Å². The van der Waals surface area contributed by atoms with Crippen molar-refractivity contribution in [1.82, 2.24) is 0 Å². The predicted molar refractivity (Wildman–Crippen MR) is 42.8 cm³/mol. The summed E-state index contributed by atoms with van der Waals surface area (Å²) >= 11 is -1.37. The topological polar surface area (TPSA) is 72.7 Å². The van der Waals surface area contributed by atoms with Crippen molar-refractivity contribution >= 4 is 11.3 Å². The molecule has 0 saturated heterocycles. The van der Waals surface area contributed by atoms with E-state index in [1.165, 1.54) is 0 Å². The normalized spacial score (nSPS) is 7.42. The van der Waals surface area contributed by atoms with Crippen LogP contribution in [0.3, 0.4) is 0 Å². The van der Waals surface area contributed by atoms with Crippen LogP contribution in [-0.4, -0.2) is 5.11 Å². The molecule has 0 atom stereocenters. The zero-order valence-electron chi connectivity index (χ0n) is 6.11. The molecular formula is C6H5ClHgNO3-. The van der Waals surface area contributed by atoms with Gasteiger partial charge < -0.3 is 10.1 Å². The van der Waals surface area contributed by atoms with Crippen molar-refractivity contribution in [3.8, 4) is 5.75 Å². The Hall–Kier alpha value is -0.355. The number of para-hydroxylation sites is 1. The second-order valence-corrected chi connectivity index (χ2v) is 8.18. The minimum absolute atomic E-state index is 0.370. The summed E-state index contributed by atoms with van der Waals surface area (Å²) in [4.78, 5) is 8.00. The fourth-order valence-electron chi connectivity index (χ4n) is 0.624. The van der Waals surface area contributed by atoms with Gasteiger partial charge in [-0.3, -0.25) is 0 Å². The van der Waals surface area contributed by atoms with Gasteiger partial charge in [0.15, 0.2) is 0 Å². The molecule has 62 valence electrons. The summed E-state index contributed by atoms with van der Waals surface area (Å²) in [5.74, 6) is 0.370. The van der Waals surface area contributed by atoms with Gasteiger partial charge in [-0.15, -0.1) is 5.34 Å². The van der Waals surface area contributed by atoms with Crippen LogP contribution in [0.2, 0.25) is 0 Å². The van der Waals surface area contributed by atoms with E-state index >= 15 is 0 Å². The summed E-state index contributed by atoms with van der Waals surface area (Å²) in [7, 11) is 5.69. The predicted octanol–water partition coefficient (Wildman–Crippen LogP) is 1.50. The second kappa shape index (κ2) is 7.30. The Bertz CT molecular complexity index is 246. The van der Waals surface area contributed by atoms with E-state index in [-0.39, 0.29) is 0 Å². The summed E-state index contributed by atoms with van der Waals surface area (Å²) < 4.78 is 0.999. The van der Waals surface area contributed by atoms with E-state index in [0.717, 1.165) is 8.41 Å². The number of benzene rings is 1. The molecule has 0 saturated carbocycles. The van der Waals surface area contributed by atoms with Crippen LogP contribution in [0.5, 0.6) is 5.75 Å². The van der Waals surface area contributed by atoms with Gasteiger partial charge in [-0.25, -0.2) is 0 Å². The molecule has 0 aliphatic carbocycles. The van der Waals surface area contributed by atoms with Gasteiger partial charge in [0.2, 0.25) is 0 Å². The molecule has 0 radical (unpaired) electrons. The zero-order valence-corrected chi connectivity index (χ0v) is 12.4. The van der Waals surface area contributed by atoms with Gasteiger partial charge >= 0.3 is 69.8 Å². The van der Waals surface area contributed by atoms with Crippen molar-refractivity contribution in [3.63, 3.8) is 0 Å². The van der Waals surface area contributed by atoms with Crippen molar-refractivity contribution in [2.24, 2.45) is 5.34 Å². The Labute approximate surface area is 85.0 Å². The maximum atomic E-state index is 9.08. The van der Waals surface area contributed by atoms with Gasteiger partial charge in [0.25, 0.3) is 0 Å². The third kappa shape index (κ3) is 4.51. The molecule has 1 rings (SSSR count). The van der Waals surface area contributed by atoms with Gasteiger partial charge in [-0.05, 0) is 0 Å². The van der Waals surface area contributed by atoms with E-state index < -0.39 is 23.3 Å². The van der Waals surface area contributed by atoms with Crippen molar-refractivity contribution in [3.05, 3.63) is 34.4 Å². The number of aromatic hydroxyl groups is 1. The summed E-state index contributed by atoms with van der Waals surface area (Å²) in [5, 5.41) is 18.1. The number of hydrogen-bond acceptors (Lipinski definition) is 4. The van der Waals surface area contributed by atoms with Crippen LogP contribution in [0.4, 0.5) is 0 Å². The van der Waals surface area contributed by atoms with Gasteiger partial charge in [0, 0.05) is 0 Å². The molecule has 0 amide bonds. The van der Waals surface area contributed by atoms with E-state index in [1.807, 2.05) is 12.1 Å². The molecule has 1 N–H and O–H groups in total. The van der Waals surface area contributed by atoms with Crippen molar-refractivity contribution in [1.29, 1.82) is 0 Å². The van der Waals surface area contributed by atoms with E-state index in [1.54, 1.807) is 12.1 Å². The SMILES string of the molecule is O=N[O-].Oc1cccc[c]1[Hg][Cl]. The van der Waals surface area contributed by atoms with E-state index in [9.17, 15) is 0 Å². The van der Waals surface area contributed by atoms with Crippen LogP contribution in [0.15, 0.2) is 29.6 Å². The molecule has 1 aromatic rings. The van der Waals surface area contributed by atoms with Crippen molar-refractivity contribution in [2.75, 3.05) is 0 Å². The molecule has 4 nitrogen and oxygen atoms in total. The Morgan fingerprint density at radius 2 is 2.00 bits per heavy atom. The first-order valence-corrected chi connectivity index (χ1v) is 12.6. The van der Waals surface area contributed by atoms with E-state index in [4.69, 9.17) is 23.5 Å². The number of phenols is 1. The van der Waals surface area contributed by atoms with Crippen LogP contribution >= 0.6 is 8.25 Å². The first-order chi connectivity index (χ1) is 5.76. The number of halogens is 1. The molecule has 0 aromatic heterocycles. The third-order valence-electron chi connectivity index (χ3n) is 1.14. The van der Waals surface area contributed by atoms with Crippen LogP contribution in [-0.2, 0) is 23.3 Å². The molecule has 0 spiro atoms. The molecule has 1 aromatic carbocycles. The molecule has 0 aliphatic heterocycles. The van der Waals surface area contributed by atoms with Gasteiger partial charge in [0.05, 0.1) is 0 Å². The summed E-state index contributed by atoms with van der Waals surface area (Å²) in [5.41, 5.74) is 0. The summed E-state index contributed by atoms with van der Waals surface area (Å²) in [6, 6.07) is 7.28. The standard InChI is InChI=1S/C6H5O.ClH.Hg.HNO2/c7-6-4-2-1-3-5-6;;;2-1-3/h1-4,7H;1H;;(H,2,3)/q;;+1;/p-2. The van der Waals surface area contributed by atoms with Crippen LogP contribution in [0, 0.1) is 10.1 Å². The quantitative estimate of drug-likeness (QED) is 0.460. The number of phenolic OH excluding ortho intramolecular Hbond substituents is 1. The zero-order chi connectivity index (χ0) is 9.40. The maximum absolute atomic E-state index is 9.08. The van der Waals surface area contributed by atoms with E-state index in [0.29, 0.717) is 5.75 Å². The Morgan fingerprint density at radius 1 is 1.50 bits per heavy atom. The third-order valence-corrected chi connectivity index (χ3v) is 7.11. The minimum atomic E-state index is -1.37.